The molecule has 0 aromatic carbocycles. The Labute approximate surface area is 98.7 Å². The first kappa shape index (κ1) is 12.3. The van der Waals surface area contributed by atoms with Crippen LogP contribution in [0.5, 0.6) is 0 Å². The summed E-state index contributed by atoms with van der Waals surface area (Å²) in [6.07, 6.45) is 6.76. The SMILES string of the molecule is CC1CCCCC1OCC(N)C1CCOC1. The van der Waals surface area contributed by atoms with E-state index in [0.29, 0.717) is 24.5 Å². The van der Waals surface area contributed by atoms with E-state index in [1.54, 1.807) is 0 Å². The van der Waals surface area contributed by atoms with Gasteiger partial charge in [0.2, 0.25) is 0 Å². The summed E-state index contributed by atoms with van der Waals surface area (Å²) in [5, 5.41) is 0. The minimum atomic E-state index is 0.164. The normalized spacial score (nSPS) is 37.5. The summed E-state index contributed by atoms with van der Waals surface area (Å²) in [6.45, 7) is 4.71. The van der Waals surface area contributed by atoms with E-state index in [1.165, 1.54) is 25.7 Å². The molecule has 94 valence electrons. The maximum atomic E-state index is 6.14. The van der Waals surface area contributed by atoms with E-state index in [0.717, 1.165) is 19.6 Å². The number of nitrogens with two attached hydrogens (primary N) is 1. The molecule has 0 radical (unpaired) electrons. The number of ether oxygens (including phenoxy) is 2. The molecule has 1 saturated carbocycles. The van der Waals surface area contributed by atoms with E-state index in [4.69, 9.17) is 15.2 Å². The molecule has 0 amide bonds. The van der Waals surface area contributed by atoms with Crippen molar-refractivity contribution in [3.05, 3.63) is 0 Å². The third-order valence-electron chi connectivity index (χ3n) is 4.11. The fourth-order valence-corrected chi connectivity index (χ4v) is 2.79. The Morgan fingerprint density at radius 3 is 2.81 bits per heavy atom. The summed E-state index contributed by atoms with van der Waals surface area (Å²) >= 11 is 0. The Balaban J connectivity index is 1.69. The molecule has 2 fully saturated rings. The van der Waals surface area contributed by atoms with Crippen molar-refractivity contribution in [2.45, 2.75) is 51.2 Å². The molecule has 1 aliphatic heterocycles. The van der Waals surface area contributed by atoms with E-state index < -0.39 is 0 Å². The molecule has 3 heteroatoms. The molecule has 4 atom stereocenters. The van der Waals surface area contributed by atoms with Gasteiger partial charge in [0, 0.05) is 18.6 Å². The van der Waals surface area contributed by atoms with E-state index in [1.807, 2.05) is 0 Å². The maximum absolute atomic E-state index is 6.14. The van der Waals surface area contributed by atoms with Gasteiger partial charge in [-0.15, -0.1) is 0 Å². The van der Waals surface area contributed by atoms with E-state index >= 15 is 0 Å². The predicted molar refractivity (Wildman–Crippen MR) is 64.3 cm³/mol. The second kappa shape index (κ2) is 5.99. The molecule has 0 bridgehead atoms. The van der Waals surface area contributed by atoms with E-state index in [2.05, 4.69) is 6.92 Å². The van der Waals surface area contributed by atoms with Gasteiger partial charge in [-0.1, -0.05) is 19.8 Å². The van der Waals surface area contributed by atoms with Crippen molar-refractivity contribution in [3.63, 3.8) is 0 Å². The highest BCUT2D eigenvalue weighted by molar-refractivity contribution is 4.78. The molecule has 3 nitrogen and oxygen atoms in total. The Morgan fingerprint density at radius 2 is 2.12 bits per heavy atom. The lowest BCUT2D eigenvalue weighted by Gasteiger charge is -2.30. The second-order valence-electron chi connectivity index (χ2n) is 5.42. The third kappa shape index (κ3) is 3.19. The van der Waals surface area contributed by atoms with E-state index in [9.17, 15) is 0 Å². The topological polar surface area (TPSA) is 44.5 Å². The van der Waals surface area contributed by atoms with Crippen molar-refractivity contribution in [1.29, 1.82) is 0 Å². The van der Waals surface area contributed by atoms with Crippen LogP contribution >= 0.6 is 0 Å². The van der Waals surface area contributed by atoms with Crippen LogP contribution in [0, 0.1) is 11.8 Å². The molecular weight excluding hydrogens is 202 g/mol. The summed E-state index contributed by atoms with van der Waals surface area (Å²) in [6, 6.07) is 0.164. The van der Waals surface area contributed by atoms with Gasteiger partial charge in [0.05, 0.1) is 19.3 Å². The molecule has 4 unspecified atom stereocenters. The van der Waals surface area contributed by atoms with Crippen LogP contribution in [-0.4, -0.2) is 32.0 Å². The minimum absolute atomic E-state index is 0.164. The summed E-state index contributed by atoms with van der Waals surface area (Å²) in [4.78, 5) is 0. The highest BCUT2D eigenvalue weighted by Crippen LogP contribution is 2.26. The Morgan fingerprint density at radius 1 is 1.31 bits per heavy atom. The van der Waals surface area contributed by atoms with Gasteiger partial charge >= 0.3 is 0 Å². The van der Waals surface area contributed by atoms with Crippen molar-refractivity contribution in [3.8, 4) is 0 Å². The zero-order valence-electron chi connectivity index (χ0n) is 10.4. The molecule has 0 spiro atoms. The van der Waals surface area contributed by atoms with Gasteiger partial charge < -0.3 is 15.2 Å². The summed E-state index contributed by atoms with van der Waals surface area (Å²) in [7, 11) is 0. The van der Waals surface area contributed by atoms with Crippen LogP contribution in [-0.2, 0) is 9.47 Å². The third-order valence-corrected chi connectivity index (χ3v) is 4.11. The van der Waals surface area contributed by atoms with Gasteiger partial charge in [-0.3, -0.25) is 0 Å². The Kier molecular flexibility index (Phi) is 4.62. The summed E-state index contributed by atoms with van der Waals surface area (Å²) < 4.78 is 11.3. The average molecular weight is 227 g/mol. The average Bonchev–Trinajstić information content (AvgIpc) is 2.81. The van der Waals surface area contributed by atoms with Crippen LogP contribution in [0.4, 0.5) is 0 Å². The first-order valence-corrected chi connectivity index (χ1v) is 6.72. The number of hydrogen-bond acceptors (Lipinski definition) is 3. The first-order chi connectivity index (χ1) is 7.77. The second-order valence-corrected chi connectivity index (χ2v) is 5.42. The molecule has 2 aliphatic rings. The van der Waals surface area contributed by atoms with Crippen LogP contribution in [0.3, 0.4) is 0 Å². The van der Waals surface area contributed by atoms with Crippen LogP contribution in [0.1, 0.15) is 39.0 Å². The van der Waals surface area contributed by atoms with Crippen LogP contribution < -0.4 is 5.73 Å². The molecule has 0 aromatic heterocycles. The first-order valence-electron chi connectivity index (χ1n) is 6.72. The highest BCUT2D eigenvalue weighted by Gasteiger charge is 2.26. The monoisotopic (exact) mass is 227 g/mol. The highest BCUT2D eigenvalue weighted by atomic mass is 16.5. The molecule has 1 saturated heterocycles. The molecule has 1 heterocycles. The molecule has 2 rings (SSSR count). The lowest BCUT2D eigenvalue weighted by molar-refractivity contribution is -0.0173. The van der Waals surface area contributed by atoms with Crippen molar-refractivity contribution in [2.24, 2.45) is 17.6 Å². The lowest BCUT2D eigenvalue weighted by Crippen LogP contribution is -2.38. The summed E-state index contributed by atoms with van der Waals surface area (Å²) in [5.74, 6) is 1.22. The minimum Gasteiger partial charge on any atom is -0.381 e. The van der Waals surface area contributed by atoms with Crippen LogP contribution in [0.15, 0.2) is 0 Å². The van der Waals surface area contributed by atoms with Crippen molar-refractivity contribution >= 4 is 0 Å². The molecular formula is C13H25NO2. The molecule has 1 aliphatic carbocycles. The van der Waals surface area contributed by atoms with Gasteiger partial charge in [-0.05, 0) is 25.2 Å². The van der Waals surface area contributed by atoms with Crippen molar-refractivity contribution in [1.82, 2.24) is 0 Å². The van der Waals surface area contributed by atoms with Crippen molar-refractivity contribution in [2.75, 3.05) is 19.8 Å². The largest absolute Gasteiger partial charge is 0.381 e. The standard InChI is InChI=1S/C13H25NO2/c1-10-4-2-3-5-13(10)16-9-12(14)11-6-7-15-8-11/h10-13H,2-9,14H2,1H3. The van der Waals surface area contributed by atoms with Gasteiger partial charge in [-0.2, -0.15) is 0 Å². The van der Waals surface area contributed by atoms with Gasteiger partial charge in [-0.25, -0.2) is 0 Å². The lowest BCUT2D eigenvalue weighted by atomic mass is 9.88. The molecule has 16 heavy (non-hydrogen) atoms. The predicted octanol–water partition coefficient (Wildman–Crippen LogP) is 1.95. The zero-order valence-corrected chi connectivity index (χ0v) is 10.4. The van der Waals surface area contributed by atoms with Gasteiger partial charge in [0.1, 0.15) is 0 Å². The maximum Gasteiger partial charge on any atom is 0.0625 e. The van der Waals surface area contributed by atoms with Crippen LogP contribution in [0.2, 0.25) is 0 Å². The smallest absolute Gasteiger partial charge is 0.0625 e. The van der Waals surface area contributed by atoms with Gasteiger partial charge in [0.25, 0.3) is 0 Å². The summed E-state index contributed by atoms with van der Waals surface area (Å²) in [5.41, 5.74) is 6.14. The molecule has 0 aromatic rings. The van der Waals surface area contributed by atoms with Crippen LogP contribution in [0.25, 0.3) is 0 Å². The van der Waals surface area contributed by atoms with Crippen molar-refractivity contribution < 1.29 is 9.47 Å². The fraction of sp³-hybridized carbons (Fsp3) is 1.00. The zero-order chi connectivity index (χ0) is 11.4. The number of rotatable bonds is 4. The quantitative estimate of drug-likeness (QED) is 0.798. The Bertz CT molecular complexity index is 204. The van der Waals surface area contributed by atoms with Gasteiger partial charge in [0.15, 0.2) is 0 Å². The Hall–Kier alpha value is -0.120. The number of hydrogen-bond donors (Lipinski definition) is 1. The van der Waals surface area contributed by atoms with E-state index in [-0.39, 0.29) is 6.04 Å². The molecule has 2 N–H and O–H groups in total. The fourth-order valence-electron chi connectivity index (χ4n) is 2.79.